The Morgan fingerprint density at radius 2 is 0.556 bits per heavy atom. The van der Waals surface area contributed by atoms with E-state index in [0.717, 1.165) is 0 Å². The van der Waals surface area contributed by atoms with Gasteiger partial charge in [-0.25, -0.2) is 0 Å². The van der Waals surface area contributed by atoms with Crippen molar-refractivity contribution < 1.29 is 0 Å². The van der Waals surface area contributed by atoms with Crippen LogP contribution in [-0.2, 0) is 0 Å². The normalized spacial score (nSPS) is 14.9. The molecule has 10 aromatic rings. The molecule has 0 amide bonds. The second-order valence-corrected chi connectivity index (χ2v) is 19.9. The Kier molecular flexibility index (Phi) is 15.6. The zero-order valence-electron chi connectivity index (χ0n) is 43.4. The Balaban J connectivity index is 0.00000146. The van der Waals surface area contributed by atoms with E-state index < -0.39 is 0 Å². The van der Waals surface area contributed by atoms with Crippen molar-refractivity contribution in [2.24, 2.45) is 0 Å². The summed E-state index contributed by atoms with van der Waals surface area (Å²) in [5.41, 5.74) is 10.1. The lowest BCUT2D eigenvalue weighted by atomic mass is 9.85. The van der Waals surface area contributed by atoms with E-state index in [2.05, 4.69) is 204 Å². The van der Waals surface area contributed by atoms with Crippen molar-refractivity contribution in [1.82, 2.24) is 0 Å². The van der Waals surface area contributed by atoms with Crippen LogP contribution in [0.15, 0.2) is 194 Å². The summed E-state index contributed by atoms with van der Waals surface area (Å²) in [5, 5.41) is 12.9. The van der Waals surface area contributed by atoms with Gasteiger partial charge in [0, 0.05) is 34.1 Å². The van der Waals surface area contributed by atoms with Crippen molar-refractivity contribution >= 4 is 88.0 Å². The summed E-state index contributed by atoms with van der Waals surface area (Å²) < 4.78 is 0. The molecule has 0 radical (unpaired) electrons. The first kappa shape index (κ1) is 48.7. The summed E-state index contributed by atoms with van der Waals surface area (Å²) in [6.45, 7) is 8.00. The van der Waals surface area contributed by atoms with Gasteiger partial charge in [-0.2, -0.15) is 0 Å². The van der Waals surface area contributed by atoms with Crippen LogP contribution >= 0.6 is 0 Å². The average Bonchev–Trinajstić information content (AvgIpc) is 3.43. The first-order chi connectivity index (χ1) is 35.8. The van der Waals surface area contributed by atoms with Gasteiger partial charge in [0.2, 0.25) is 0 Å². The highest BCUT2D eigenvalue weighted by atomic mass is 15.1. The largest absolute Gasteiger partial charge is 0.310 e. The third-order valence-electron chi connectivity index (χ3n) is 15.7. The molecule has 2 nitrogen and oxygen atoms in total. The zero-order valence-corrected chi connectivity index (χ0v) is 43.4. The second-order valence-electron chi connectivity index (χ2n) is 19.9. The van der Waals surface area contributed by atoms with Crippen molar-refractivity contribution in [3.63, 3.8) is 0 Å². The summed E-state index contributed by atoms with van der Waals surface area (Å²) in [6, 6.07) is 73.7. The molecule has 0 aromatic heterocycles. The number of hydrogen-bond acceptors (Lipinski definition) is 2. The molecule has 2 fully saturated rings. The van der Waals surface area contributed by atoms with Crippen LogP contribution in [-0.4, -0.2) is 0 Å². The van der Waals surface area contributed by atoms with Crippen molar-refractivity contribution in [3.8, 4) is 0 Å². The van der Waals surface area contributed by atoms with E-state index in [1.165, 1.54) is 189 Å². The molecule has 0 aliphatic heterocycles. The van der Waals surface area contributed by atoms with Gasteiger partial charge in [0.25, 0.3) is 0 Å². The highest BCUT2D eigenvalue weighted by Gasteiger charge is 2.23. The molecule has 10 aromatic carbocycles. The van der Waals surface area contributed by atoms with E-state index in [9.17, 15) is 0 Å². The van der Waals surface area contributed by atoms with Gasteiger partial charge in [0.1, 0.15) is 0 Å². The molecule has 2 aliphatic rings. The fraction of sp³-hybridized carbons (Fsp3) is 0.286. The summed E-state index contributed by atoms with van der Waals surface area (Å²) in [4.78, 5) is 4.97. The van der Waals surface area contributed by atoms with Gasteiger partial charge >= 0.3 is 0 Å². The molecule has 2 saturated carbocycles. The number of benzene rings is 10. The maximum Gasteiger partial charge on any atom is 0.0468 e. The van der Waals surface area contributed by atoms with E-state index in [1.54, 1.807) is 0 Å². The van der Waals surface area contributed by atoms with Crippen LogP contribution in [0.1, 0.15) is 141 Å². The first-order valence-corrected chi connectivity index (χ1v) is 27.9. The maximum atomic E-state index is 2.49. The molecule has 2 aliphatic carbocycles. The Bertz CT molecular complexity index is 3150. The molecule has 12 rings (SSSR count). The third-order valence-corrected chi connectivity index (χ3v) is 15.7. The SMILES string of the molecule is CC.CC.c1ccc(N(c2cccc(C3CCCCCCC3)c2)c2ccc3c(c2)c2ccccc2c2c4ccc(N(c5ccccc5)c5cccc(C6CCCCCCC6)c5)cc4c4ccccc4c32)cc1. The van der Waals surface area contributed by atoms with Crippen LogP contribution in [0.5, 0.6) is 0 Å². The maximum absolute atomic E-state index is 2.49. The molecule has 0 spiro atoms. The van der Waals surface area contributed by atoms with Crippen molar-refractivity contribution in [2.45, 2.75) is 129 Å². The fourth-order valence-corrected chi connectivity index (χ4v) is 12.4. The van der Waals surface area contributed by atoms with Gasteiger partial charge in [-0.15, -0.1) is 0 Å². The van der Waals surface area contributed by atoms with Crippen LogP contribution in [0, 0.1) is 0 Å². The highest BCUT2D eigenvalue weighted by molar-refractivity contribution is 6.39. The number of rotatable bonds is 8. The molecule has 72 heavy (non-hydrogen) atoms. The van der Waals surface area contributed by atoms with Crippen LogP contribution in [0.2, 0.25) is 0 Å². The smallest absolute Gasteiger partial charge is 0.0468 e. The Morgan fingerprint density at radius 3 is 0.944 bits per heavy atom. The molecule has 2 heteroatoms. The van der Waals surface area contributed by atoms with Gasteiger partial charge in [-0.05, 0) is 175 Å². The van der Waals surface area contributed by atoms with Gasteiger partial charge in [-0.1, -0.05) is 213 Å². The van der Waals surface area contributed by atoms with Crippen LogP contribution in [0.25, 0.3) is 53.9 Å². The van der Waals surface area contributed by atoms with E-state index >= 15 is 0 Å². The Hall–Kier alpha value is -6.90. The van der Waals surface area contributed by atoms with Gasteiger partial charge in [-0.3, -0.25) is 0 Å². The van der Waals surface area contributed by atoms with Crippen LogP contribution in [0.4, 0.5) is 34.1 Å². The minimum atomic E-state index is 0.618. The predicted octanol–water partition coefficient (Wildman–Crippen LogP) is 22.1. The lowest BCUT2D eigenvalue weighted by molar-refractivity contribution is 0.455. The fourth-order valence-electron chi connectivity index (χ4n) is 12.4. The highest BCUT2D eigenvalue weighted by Crippen LogP contribution is 2.48. The summed E-state index contributed by atoms with van der Waals surface area (Å²) in [5.74, 6) is 1.24. The molecule has 0 bridgehead atoms. The summed E-state index contributed by atoms with van der Waals surface area (Å²) >= 11 is 0. The molecular weight excluding hydrogens is 869 g/mol. The van der Waals surface area contributed by atoms with E-state index in [-0.39, 0.29) is 0 Å². The second kappa shape index (κ2) is 23.1. The number of anilines is 6. The summed E-state index contributed by atoms with van der Waals surface area (Å²) in [7, 11) is 0. The number of nitrogens with zero attached hydrogens (tertiary/aromatic N) is 2. The third kappa shape index (κ3) is 9.86. The van der Waals surface area contributed by atoms with Gasteiger partial charge in [0.15, 0.2) is 0 Å². The van der Waals surface area contributed by atoms with Crippen molar-refractivity contribution in [3.05, 3.63) is 205 Å². The molecule has 0 unspecified atom stereocenters. The minimum absolute atomic E-state index is 0.618. The average molecular weight is 943 g/mol. The van der Waals surface area contributed by atoms with Gasteiger partial charge < -0.3 is 9.80 Å². The van der Waals surface area contributed by atoms with E-state index in [0.29, 0.717) is 11.8 Å². The number of hydrogen-bond donors (Lipinski definition) is 0. The molecular formula is C70H74N2. The molecule has 0 heterocycles. The minimum Gasteiger partial charge on any atom is -0.310 e. The Labute approximate surface area is 430 Å². The van der Waals surface area contributed by atoms with Gasteiger partial charge in [0.05, 0.1) is 0 Å². The lowest BCUT2D eigenvalue weighted by Gasteiger charge is -2.28. The monoisotopic (exact) mass is 943 g/mol. The summed E-state index contributed by atoms with van der Waals surface area (Å²) in [6.07, 6.45) is 18.7. The van der Waals surface area contributed by atoms with Crippen LogP contribution < -0.4 is 9.80 Å². The molecule has 364 valence electrons. The number of fused-ring (bicyclic) bond motifs is 11. The van der Waals surface area contributed by atoms with Crippen LogP contribution in [0.3, 0.4) is 0 Å². The lowest BCUT2D eigenvalue weighted by Crippen LogP contribution is -2.11. The van der Waals surface area contributed by atoms with E-state index in [4.69, 9.17) is 0 Å². The van der Waals surface area contributed by atoms with Crippen molar-refractivity contribution in [1.29, 1.82) is 0 Å². The first-order valence-electron chi connectivity index (χ1n) is 27.9. The number of para-hydroxylation sites is 2. The van der Waals surface area contributed by atoms with Crippen molar-refractivity contribution in [2.75, 3.05) is 9.80 Å². The van der Waals surface area contributed by atoms with E-state index in [1.807, 2.05) is 27.7 Å². The zero-order chi connectivity index (χ0) is 49.2. The molecule has 0 atom stereocenters. The Morgan fingerprint density at radius 1 is 0.250 bits per heavy atom. The standard InChI is InChI=1S/C66H62N2.2C2H6/c1-3-9-23-47(24-10-4-1)49-27-21-33-53(43-49)67(51-29-13-7-14-30-51)55-39-41-61-63(45-55)57-35-17-19-37-59(57)66-62-42-40-56(46-64(62)58-36-18-20-38-60(58)65(61)66)68(52-31-15-8-16-32-52)54-34-22-28-50(44-54)48-25-11-5-2-6-12-26-48;2*1-2/h7-8,13-22,27-48H,1-6,9-12,23-26H2;2*1-2H3. The predicted molar refractivity (Wildman–Crippen MR) is 316 cm³/mol. The topological polar surface area (TPSA) is 6.48 Å². The molecule has 0 saturated heterocycles. The quantitative estimate of drug-likeness (QED) is 0.140. The molecule has 0 N–H and O–H groups in total.